The molecule has 0 radical (unpaired) electrons. The van der Waals surface area contributed by atoms with Crippen molar-refractivity contribution in [2.75, 3.05) is 7.11 Å². The van der Waals surface area contributed by atoms with Gasteiger partial charge in [0.2, 0.25) is 6.10 Å². The fourth-order valence-corrected chi connectivity index (χ4v) is 2.98. The quantitative estimate of drug-likeness (QED) is 0.600. The highest BCUT2D eigenvalue weighted by Gasteiger charge is 2.42. The topological polar surface area (TPSA) is 79.7 Å². The van der Waals surface area contributed by atoms with E-state index in [4.69, 9.17) is 14.2 Å². The first kappa shape index (κ1) is 23.2. The van der Waals surface area contributed by atoms with Crippen LogP contribution in [0.4, 0.5) is 13.2 Å². The Morgan fingerprint density at radius 2 is 1.83 bits per heavy atom. The zero-order valence-corrected chi connectivity index (χ0v) is 17.0. The van der Waals surface area contributed by atoms with E-state index in [9.17, 15) is 22.8 Å². The molecule has 2 rings (SSSR count). The zero-order valence-electron chi connectivity index (χ0n) is 17.0. The molecule has 0 saturated heterocycles. The van der Waals surface area contributed by atoms with E-state index in [-0.39, 0.29) is 12.3 Å². The summed E-state index contributed by atoms with van der Waals surface area (Å²) in [7, 11) is 1.18. The maximum atomic E-state index is 12.7. The largest absolute Gasteiger partial charge is 0.487 e. The number of aromatic nitrogens is 2. The molecule has 0 spiro atoms. The molecule has 0 fully saturated rings. The molecule has 0 saturated carbocycles. The minimum atomic E-state index is -4.42. The van der Waals surface area contributed by atoms with Crippen molar-refractivity contribution in [2.45, 2.75) is 51.6 Å². The number of carbonyl (C=O) groups excluding carboxylic acids is 2. The number of ether oxygens (including phenoxy) is 3. The van der Waals surface area contributed by atoms with Crippen molar-refractivity contribution in [2.24, 2.45) is 0 Å². The SMILES string of the molecule is COC(=O)C(OC(C)=O)C(C)(C)c1ccccc1OCc1ccnn1CC(F)(F)F. The summed E-state index contributed by atoms with van der Waals surface area (Å²) >= 11 is 0. The van der Waals surface area contributed by atoms with Crippen molar-refractivity contribution < 1.29 is 37.0 Å². The van der Waals surface area contributed by atoms with Crippen LogP contribution in [0.2, 0.25) is 0 Å². The van der Waals surface area contributed by atoms with Crippen molar-refractivity contribution in [1.29, 1.82) is 0 Å². The number of alkyl halides is 3. The highest BCUT2D eigenvalue weighted by molar-refractivity contribution is 5.80. The number of rotatable bonds is 8. The lowest BCUT2D eigenvalue weighted by Crippen LogP contribution is -2.44. The van der Waals surface area contributed by atoms with Crippen molar-refractivity contribution in [3.05, 3.63) is 47.8 Å². The summed E-state index contributed by atoms with van der Waals surface area (Å²) in [5, 5.41) is 3.68. The van der Waals surface area contributed by atoms with E-state index in [1.165, 1.54) is 26.3 Å². The molecule has 30 heavy (non-hydrogen) atoms. The number of hydrogen-bond donors (Lipinski definition) is 0. The fourth-order valence-electron chi connectivity index (χ4n) is 2.98. The summed E-state index contributed by atoms with van der Waals surface area (Å²) in [5.41, 5.74) is -0.311. The van der Waals surface area contributed by atoms with Gasteiger partial charge < -0.3 is 14.2 Å². The molecule has 0 amide bonds. The maximum Gasteiger partial charge on any atom is 0.408 e. The number of methoxy groups -OCH3 is 1. The third-order valence-electron chi connectivity index (χ3n) is 4.44. The van der Waals surface area contributed by atoms with Crippen molar-refractivity contribution in [3.8, 4) is 5.75 Å². The normalized spacial score (nSPS) is 12.9. The molecule has 2 aromatic rings. The molecule has 0 aliphatic carbocycles. The minimum absolute atomic E-state index is 0.181. The first-order valence-electron chi connectivity index (χ1n) is 9.00. The van der Waals surface area contributed by atoms with Crippen molar-refractivity contribution >= 4 is 11.9 Å². The van der Waals surface area contributed by atoms with Crippen LogP contribution < -0.4 is 4.74 Å². The molecule has 1 atom stereocenters. The minimum Gasteiger partial charge on any atom is -0.487 e. The van der Waals surface area contributed by atoms with Gasteiger partial charge in [0.05, 0.1) is 12.8 Å². The first-order valence-corrected chi connectivity index (χ1v) is 9.00. The number of hydrogen-bond acceptors (Lipinski definition) is 6. The van der Waals surface area contributed by atoms with E-state index in [1.54, 1.807) is 38.1 Å². The van der Waals surface area contributed by atoms with Crippen LogP contribution in [0.15, 0.2) is 36.5 Å². The molecule has 1 unspecified atom stereocenters. The van der Waals surface area contributed by atoms with Crippen LogP contribution >= 0.6 is 0 Å². The van der Waals surface area contributed by atoms with Gasteiger partial charge in [-0.1, -0.05) is 32.0 Å². The lowest BCUT2D eigenvalue weighted by molar-refractivity contribution is -0.169. The lowest BCUT2D eigenvalue weighted by atomic mass is 9.78. The lowest BCUT2D eigenvalue weighted by Gasteiger charge is -2.33. The second-order valence-corrected chi connectivity index (χ2v) is 7.11. The van der Waals surface area contributed by atoms with Crippen LogP contribution in [0.3, 0.4) is 0 Å². The van der Waals surface area contributed by atoms with Gasteiger partial charge in [-0.05, 0) is 12.1 Å². The van der Waals surface area contributed by atoms with Gasteiger partial charge in [0.25, 0.3) is 0 Å². The molecule has 1 aromatic carbocycles. The first-order chi connectivity index (χ1) is 14.0. The van der Waals surface area contributed by atoms with Gasteiger partial charge in [-0.3, -0.25) is 9.48 Å². The summed E-state index contributed by atoms with van der Waals surface area (Å²) < 4.78 is 54.6. The van der Waals surface area contributed by atoms with Crippen LogP contribution in [-0.2, 0) is 37.6 Å². The Hall–Kier alpha value is -3.04. The van der Waals surface area contributed by atoms with Crippen LogP contribution in [0.1, 0.15) is 32.0 Å². The molecule has 0 aliphatic heterocycles. The molecule has 0 aliphatic rings. The molecular weight excluding hydrogens is 405 g/mol. The number of esters is 2. The maximum absolute atomic E-state index is 12.7. The molecule has 164 valence electrons. The Morgan fingerprint density at radius 1 is 1.17 bits per heavy atom. The Labute approximate surface area is 171 Å². The average molecular weight is 428 g/mol. The Kier molecular flexibility index (Phi) is 7.12. The van der Waals surface area contributed by atoms with Crippen LogP contribution in [-0.4, -0.2) is 41.1 Å². The summed E-state index contributed by atoms with van der Waals surface area (Å²) in [6, 6.07) is 8.11. The van der Waals surface area contributed by atoms with Gasteiger partial charge in [-0.25, -0.2) is 4.79 Å². The van der Waals surface area contributed by atoms with Gasteiger partial charge >= 0.3 is 18.1 Å². The van der Waals surface area contributed by atoms with Crippen molar-refractivity contribution in [3.63, 3.8) is 0 Å². The third-order valence-corrected chi connectivity index (χ3v) is 4.44. The van der Waals surface area contributed by atoms with Gasteiger partial charge in [-0.2, -0.15) is 18.3 Å². The summed E-state index contributed by atoms with van der Waals surface area (Å²) in [4.78, 5) is 23.7. The average Bonchev–Trinajstić information content (AvgIpc) is 3.08. The summed E-state index contributed by atoms with van der Waals surface area (Å²) in [5.74, 6) is -1.08. The standard InChI is InChI=1S/C20H23F3N2O5/c1-13(26)30-17(18(27)28-4)19(2,3)15-7-5-6-8-16(15)29-11-14-9-10-24-25(14)12-20(21,22)23/h5-10,17H,11-12H2,1-4H3. The predicted octanol–water partition coefficient (Wildman–Crippen LogP) is 3.41. The number of nitrogens with zero attached hydrogens (tertiary/aromatic N) is 2. The molecule has 0 N–H and O–H groups in total. The number of halogens is 3. The number of carbonyl (C=O) groups is 2. The highest BCUT2D eigenvalue weighted by Crippen LogP contribution is 2.36. The van der Waals surface area contributed by atoms with Gasteiger partial charge in [0.15, 0.2) is 0 Å². The highest BCUT2D eigenvalue weighted by atomic mass is 19.4. The van der Waals surface area contributed by atoms with E-state index in [2.05, 4.69) is 5.10 Å². The van der Waals surface area contributed by atoms with Crippen molar-refractivity contribution in [1.82, 2.24) is 9.78 Å². The number of para-hydroxylation sites is 1. The Bertz CT molecular complexity index is 893. The van der Waals surface area contributed by atoms with Crippen LogP contribution in [0.25, 0.3) is 0 Å². The molecule has 10 heteroatoms. The molecule has 1 aromatic heterocycles. The van der Waals surface area contributed by atoms with E-state index < -0.39 is 36.2 Å². The predicted molar refractivity (Wildman–Crippen MR) is 99.7 cm³/mol. The van der Waals surface area contributed by atoms with E-state index in [0.29, 0.717) is 11.3 Å². The number of benzene rings is 1. The van der Waals surface area contributed by atoms with Gasteiger partial charge in [0, 0.05) is 24.1 Å². The van der Waals surface area contributed by atoms with Gasteiger partial charge in [0.1, 0.15) is 18.9 Å². The second kappa shape index (κ2) is 9.19. The Morgan fingerprint density at radius 3 is 2.43 bits per heavy atom. The van der Waals surface area contributed by atoms with E-state index in [1.807, 2.05) is 0 Å². The zero-order chi connectivity index (χ0) is 22.5. The van der Waals surface area contributed by atoms with Crippen LogP contribution in [0.5, 0.6) is 5.75 Å². The third kappa shape index (κ3) is 5.74. The fraction of sp³-hybridized carbons (Fsp3) is 0.450. The monoisotopic (exact) mass is 428 g/mol. The molecular formula is C20H23F3N2O5. The molecule has 1 heterocycles. The summed E-state index contributed by atoms with van der Waals surface area (Å²) in [6.45, 7) is 3.11. The smallest absolute Gasteiger partial charge is 0.408 e. The van der Waals surface area contributed by atoms with Gasteiger partial charge in [-0.15, -0.1) is 0 Å². The molecule has 7 nitrogen and oxygen atoms in total. The van der Waals surface area contributed by atoms with E-state index >= 15 is 0 Å². The van der Waals surface area contributed by atoms with Crippen LogP contribution in [0, 0.1) is 0 Å². The second-order valence-electron chi connectivity index (χ2n) is 7.11. The molecule has 0 bridgehead atoms. The van der Waals surface area contributed by atoms with E-state index in [0.717, 1.165) is 4.68 Å². The summed E-state index contributed by atoms with van der Waals surface area (Å²) in [6.07, 6.45) is -4.41. The Balaban J connectivity index is 2.30.